The smallest absolute Gasteiger partial charge is 0.409 e. The van der Waals surface area contributed by atoms with E-state index >= 15 is 0 Å². The summed E-state index contributed by atoms with van der Waals surface area (Å²) in [7, 11) is 1.78. The molecule has 0 bridgehead atoms. The first-order valence-electron chi connectivity index (χ1n) is 10.4. The van der Waals surface area contributed by atoms with E-state index in [-0.39, 0.29) is 30.1 Å². The number of piperazine rings is 1. The Bertz CT molecular complexity index is 679. The number of benzene rings is 1. The number of nitrogens with one attached hydrogen (secondary N) is 1. The molecule has 0 aliphatic carbocycles. The van der Waals surface area contributed by atoms with Crippen LogP contribution in [0.5, 0.6) is 11.5 Å². The molecular weight excluding hydrogens is 499 g/mol. The van der Waals surface area contributed by atoms with Gasteiger partial charge < -0.3 is 29.3 Å². The lowest BCUT2D eigenvalue weighted by Gasteiger charge is -2.35. The van der Waals surface area contributed by atoms with Crippen LogP contribution in [0.4, 0.5) is 4.79 Å². The molecule has 0 aromatic heterocycles. The van der Waals surface area contributed by atoms with E-state index < -0.39 is 0 Å². The minimum Gasteiger partial charge on any atom is -0.490 e. The molecule has 1 fully saturated rings. The van der Waals surface area contributed by atoms with Crippen molar-refractivity contribution in [2.45, 2.75) is 27.2 Å². The van der Waals surface area contributed by atoms with Gasteiger partial charge in [-0.25, -0.2) is 4.79 Å². The van der Waals surface area contributed by atoms with Gasteiger partial charge in [-0.05, 0) is 44.9 Å². The van der Waals surface area contributed by atoms with E-state index in [4.69, 9.17) is 14.2 Å². The predicted molar refractivity (Wildman–Crippen MR) is 129 cm³/mol. The number of hydrogen-bond donors (Lipinski definition) is 1. The molecule has 0 atom stereocenters. The van der Waals surface area contributed by atoms with E-state index in [0.29, 0.717) is 32.9 Å². The van der Waals surface area contributed by atoms with Gasteiger partial charge in [-0.3, -0.25) is 4.99 Å². The second-order valence-electron chi connectivity index (χ2n) is 6.54. The molecule has 1 aliphatic rings. The average molecular weight is 534 g/mol. The maximum Gasteiger partial charge on any atom is 0.409 e. The number of rotatable bonds is 8. The van der Waals surface area contributed by atoms with Gasteiger partial charge in [-0.15, -0.1) is 24.0 Å². The highest BCUT2D eigenvalue weighted by Gasteiger charge is 2.23. The molecule has 1 N–H and O–H groups in total. The maximum atomic E-state index is 11.8. The summed E-state index contributed by atoms with van der Waals surface area (Å²) in [5.41, 5.74) is 1.17. The largest absolute Gasteiger partial charge is 0.490 e. The number of halogens is 1. The Balaban J connectivity index is 0.00000450. The van der Waals surface area contributed by atoms with Crippen LogP contribution in [0.1, 0.15) is 26.3 Å². The Kier molecular flexibility index (Phi) is 12.3. The number of carbonyl (C=O) groups excluding carboxylic acids is 1. The molecule has 170 valence electrons. The van der Waals surface area contributed by atoms with Gasteiger partial charge in [-0.1, -0.05) is 6.07 Å². The normalized spacial score (nSPS) is 14.1. The van der Waals surface area contributed by atoms with Gasteiger partial charge in [0.05, 0.1) is 19.8 Å². The van der Waals surface area contributed by atoms with Crippen molar-refractivity contribution in [2.24, 2.45) is 4.99 Å². The molecule has 9 heteroatoms. The zero-order valence-corrected chi connectivity index (χ0v) is 20.8. The van der Waals surface area contributed by atoms with Crippen LogP contribution >= 0.6 is 24.0 Å². The van der Waals surface area contributed by atoms with Crippen molar-refractivity contribution in [3.05, 3.63) is 23.8 Å². The maximum absolute atomic E-state index is 11.8. The molecular formula is C21H35IN4O4. The fraction of sp³-hybridized carbons (Fsp3) is 0.619. The molecule has 0 spiro atoms. The van der Waals surface area contributed by atoms with Crippen molar-refractivity contribution in [1.29, 1.82) is 0 Å². The number of nitrogens with zero attached hydrogens (tertiary/aromatic N) is 3. The lowest BCUT2D eigenvalue weighted by atomic mass is 10.1. The summed E-state index contributed by atoms with van der Waals surface area (Å²) >= 11 is 0. The topological polar surface area (TPSA) is 75.6 Å². The highest BCUT2D eigenvalue weighted by molar-refractivity contribution is 14.0. The zero-order chi connectivity index (χ0) is 21.1. The van der Waals surface area contributed by atoms with Crippen LogP contribution in [-0.2, 0) is 11.2 Å². The number of guanidine groups is 1. The van der Waals surface area contributed by atoms with E-state index in [0.717, 1.165) is 43.5 Å². The number of ether oxygens (including phenoxy) is 3. The quantitative estimate of drug-likeness (QED) is 0.314. The lowest BCUT2D eigenvalue weighted by molar-refractivity contribution is 0.0914. The van der Waals surface area contributed by atoms with Gasteiger partial charge in [0.2, 0.25) is 0 Å². The third-order valence-electron chi connectivity index (χ3n) is 4.62. The van der Waals surface area contributed by atoms with Crippen LogP contribution in [0.2, 0.25) is 0 Å². The molecule has 1 saturated heterocycles. The average Bonchev–Trinajstić information content (AvgIpc) is 2.73. The third-order valence-corrected chi connectivity index (χ3v) is 4.62. The first-order chi connectivity index (χ1) is 14.1. The molecule has 2 rings (SSSR count). The second-order valence-corrected chi connectivity index (χ2v) is 6.54. The Morgan fingerprint density at radius 3 is 2.23 bits per heavy atom. The fourth-order valence-corrected chi connectivity index (χ4v) is 3.22. The lowest BCUT2D eigenvalue weighted by Crippen LogP contribution is -2.54. The van der Waals surface area contributed by atoms with Crippen molar-refractivity contribution in [2.75, 3.05) is 59.6 Å². The third kappa shape index (κ3) is 7.73. The molecule has 1 aromatic carbocycles. The van der Waals surface area contributed by atoms with Crippen molar-refractivity contribution >= 4 is 36.0 Å². The van der Waals surface area contributed by atoms with Crippen molar-refractivity contribution in [3.8, 4) is 11.5 Å². The Morgan fingerprint density at radius 2 is 1.63 bits per heavy atom. The van der Waals surface area contributed by atoms with E-state index in [2.05, 4.69) is 21.3 Å². The summed E-state index contributed by atoms with van der Waals surface area (Å²) in [6.45, 7) is 10.9. The zero-order valence-electron chi connectivity index (χ0n) is 18.5. The first-order valence-corrected chi connectivity index (χ1v) is 10.4. The van der Waals surface area contributed by atoms with E-state index in [1.54, 1.807) is 11.9 Å². The van der Waals surface area contributed by atoms with Gasteiger partial charge in [0.1, 0.15) is 0 Å². The number of aliphatic imine (C=N–C) groups is 1. The molecule has 30 heavy (non-hydrogen) atoms. The summed E-state index contributed by atoms with van der Waals surface area (Å²) in [6, 6.07) is 6.07. The minimum atomic E-state index is -0.240. The molecule has 0 radical (unpaired) electrons. The summed E-state index contributed by atoms with van der Waals surface area (Å²) in [5, 5.41) is 3.42. The van der Waals surface area contributed by atoms with E-state index in [1.807, 2.05) is 32.9 Å². The summed E-state index contributed by atoms with van der Waals surface area (Å²) < 4.78 is 16.4. The summed E-state index contributed by atoms with van der Waals surface area (Å²) in [4.78, 5) is 20.1. The number of amides is 1. The van der Waals surface area contributed by atoms with Crippen LogP contribution in [0.3, 0.4) is 0 Å². The van der Waals surface area contributed by atoms with Crippen molar-refractivity contribution in [3.63, 3.8) is 0 Å². The molecule has 0 unspecified atom stereocenters. The standard InChI is InChI=1S/C21H34N4O4.HI/c1-5-27-18-9-8-17(16-19(18)28-6-2)10-11-23-20(22-4)24-12-14-25(15-13-24)21(26)29-7-3;/h8-9,16H,5-7,10-15H2,1-4H3,(H,22,23);1H. The van der Waals surface area contributed by atoms with Crippen LogP contribution in [0.25, 0.3) is 0 Å². The molecule has 1 aliphatic heterocycles. The van der Waals surface area contributed by atoms with Gasteiger partial charge in [0.15, 0.2) is 17.5 Å². The molecule has 1 amide bonds. The Hall–Kier alpha value is -1.91. The first kappa shape index (κ1) is 26.1. The predicted octanol–water partition coefficient (Wildman–Crippen LogP) is 2.99. The summed E-state index contributed by atoms with van der Waals surface area (Å²) in [5.74, 6) is 2.41. The highest BCUT2D eigenvalue weighted by Crippen LogP contribution is 2.28. The fourth-order valence-electron chi connectivity index (χ4n) is 3.22. The molecule has 0 saturated carbocycles. The summed E-state index contributed by atoms with van der Waals surface area (Å²) in [6.07, 6.45) is 0.601. The van der Waals surface area contributed by atoms with Crippen LogP contribution < -0.4 is 14.8 Å². The Morgan fingerprint density at radius 1 is 1.00 bits per heavy atom. The number of hydrogen-bond acceptors (Lipinski definition) is 5. The van der Waals surface area contributed by atoms with E-state index in [1.165, 1.54) is 5.56 Å². The van der Waals surface area contributed by atoms with Crippen LogP contribution in [-0.4, -0.2) is 81.4 Å². The van der Waals surface area contributed by atoms with Crippen LogP contribution in [0.15, 0.2) is 23.2 Å². The number of carbonyl (C=O) groups is 1. The van der Waals surface area contributed by atoms with Gasteiger partial charge in [-0.2, -0.15) is 0 Å². The molecule has 8 nitrogen and oxygen atoms in total. The van der Waals surface area contributed by atoms with Gasteiger partial charge in [0.25, 0.3) is 0 Å². The van der Waals surface area contributed by atoms with Crippen molar-refractivity contribution in [1.82, 2.24) is 15.1 Å². The highest BCUT2D eigenvalue weighted by atomic mass is 127. The van der Waals surface area contributed by atoms with Gasteiger partial charge in [0, 0.05) is 39.8 Å². The molecule has 1 aromatic rings. The van der Waals surface area contributed by atoms with Crippen LogP contribution in [0, 0.1) is 0 Å². The SMILES string of the molecule is CCOC(=O)N1CCN(C(=NC)NCCc2ccc(OCC)c(OCC)c2)CC1.I. The second kappa shape index (κ2) is 14.2. The monoisotopic (exact) mass is 534 g/mol. The van der Waals surface area contributed by atoms with E-state index in [9.17, 15) is 4.79 Å². The Labute approximate surface area is 197 Å². The molecule has 1 heterocycles. The van der Waals surface area contributed by atoms with Gasteiger partial charge >= 0.3 is 6.09 Å². The van der Waals surface area contributed by atoms with Crippen molar-refractivity contribution < 1.29 is 19.0 Å². The minimum absolute atomic E-state index is 0.